The Morgan fingerprint density at radius 2 is 1.97 bits per heavy atom. The van der Waals surface area contributed by atoms with Crippen LogP contribution in [-0.4, -0.2) is 99.7 Å². The summed E-state index contributed by atoms with van der Waals surface area (Å²) in [6, 6.07) is -0.908. The fourth-order valence-electron chi connectivity index (χ4n) is 3.29. The van der Waals surface area contributed by atoms with E-state index >= 15 is 0 Å². The second-order valence-electron chi connectivity index (χ2n) is 7.30. The van der Waals surface area contributed by atoms with Crippen molar-refractivity contribution in [3.8, 4) is 0 Å². The van der Waals surface area contributed by atoms with Gasteiger partial charge in [0.15, 0.2) is 5.13 Å². The van der Waals surface area contributed by atoms with Crippen LogP contribution in [0.3, 0.4) is 0 Å². The van der Waals surface area contributed by atoms with Crippen molar-refractivity contribution in [2.24, 2.45) is 12.8 Å². The first-order valence-electron chi connectivity index (χ1n) is 10.1. The van der Waals surface area contributed by atoms with Crippen molar-refractivity contribution in [3.63, 3.8) is 0 Å². The highest BCUT2D eigenvalue weighted by atomic mass is 32.2. The molecule has 21 heteroatoms. The van der Waals surface area contributed by atoms with Gasteiger partial charge in [0.1, 0.15) is 22.9 Å². The topological polar surface area (TPSA) is 224 Å². The highest BCUT2D eigenvalue weighted by molar-refractivity contribution is 8.01. The Balaban J connectivity index is 0.000000505. The number of carbonyl (C=O) groups is 4. The Morgan fingerprint density at radius 1 is 1.32 bits per heavy atom. The van der Waals surface area contributed by atoms with Crippen LogP contribution >= 0.6 is 34.9 Å². The number of aryl methyl sites for hydroxylation is 1. The van der Waals surface area contributed by atoms with Crippen LogP contribution in [-0.2, 0) is 26.2 Å². The Kier molecular flexibility index (Phi) is 8.84. The van der Waals surface area contributed by atoms with Crippen LogP contribution in [0.5, 0.6) is 0 Å². The number of hydrogen-bond donors (Lipinski definition) is 4. The number of anilines is 2. The third kappa shape index (κ3) is 6.00. The van der Waals surface area contributed by atoms with Crippen molar-refractivity contribution < 1.29 is 42.6 Å². The van der Waals surface area contributed by atoms with Crippen molar-refractivity contribution in [3.05, 3.63) is 16.7 Å². The lowest BCUT2D eigenvalue weighted by atomic mass is 10.0. The van der Waals surface area contributed by atoms with Gasteiger partial charge >= 0.3 is 18.1 Å². The van der Waals surface area contributed by atoms with E-state index < -0.39 is 41.3 Å². The molecular weight excluding hydrogens is 579 g/mol. The van der Waals surface area contributed by atoms with Crippen molar-refractivity contribution in [2.45, 2.75) is 22.7 Å². The molecule has 38 heavy (non-hydrogen) atoms. The van der Waals surface area contributed by atoms with Crippen LogP contribution in [0.2, 0.25) is 0 Å². The standard InChI is InChI=1S/C15H17N9O4S3.C2HF3O2/c1-22-15(19-20-21-22)31-4-6-3-29-12-10(11(26)24(12)9(6)13(27)28)23(8(25)2-16)7-5-30-14(17)18-7;3-2(4,5)1(6)7/h5,10,12H,2-4,16H2,1H3,(H2,17,18)(H,27,28);(H,6,7)/t10-,12+;/m1./s1. The number of aromatic nitrogens is 5. The number of hydrogen-bond acceptors (Lipinski definition) is 13. The number of rotatable bonds is 7. The first-order valence-corrected chi connectivity index (χ1v) is 13.0. The molecule has 2 aromatic heterocycles. The van der Waals surface area contributed by atoms with Crippen LogP contribution in [0.1, 0.15) is 0 Å². The molecule has 15 nitrogen and oxygen atoms in total. The second kappa shape index (κ2) is 11.5. The molecule has 0 aliphatic carbocycles. The number of amides is 2. The quantitative estimate of drug-likeness (QED) is 0.235. The van der Waals surface area contributed by atoms with E-state index in [0.29, 0.717) is 22.2 Å². The Labute approximate surface area is 223 Å². The summed E-state index contributed by atoms with van der Waals surface area (Å²) in [6.07, 6.45) is -5.08. The first-order chi connectivity index (χ1) is 17.8. The number of carboxylic acids is 2. The summed E-state index contributed by atoms with van der Waals surface area (Å²) in [5, 5.41) is 29.9. The number of nitrogen functional groups attached to an aromatic ring is 1. The number of carbonyl (C=O) groups excluding carboxylic acids is 2. The Morgan fingerprint density at radius 3 is 2.45 bits per heavy atom. The molecule has 0 unspecified atom stereocenters. The number of carboxylic acid groups (broad SMARTS) is 2. The molecule has 1 fully saturated rings. The van der Waals surface area contributed by atoms with Gasteiger partial charge in [-0.05, 0) is 16.0 Å². The van der Waals surface area contributed by atoms with Gasteiger partial charge in [0.05, 0.1) is 6.54 Å². The summed E-state index contributed by atoms with van der Waals surface area (Å²) in [5.41, 5.74) is 11.7. The number of thioether (sulfide) groups is 2. The average Bonchev–Trinajstić information content (AvgIpc) is 3.46. The number of alkyl halides is 3. The van der Waals surface area contributed by atoms with Crippen molar-refractivity contribution >= 4 is 69.6 Å². The van der Waals surface area contributed by atoms with Gasteiger partial charge in [-0.3, -0.25) is 19.4 Å². The predicted octanol–water partition coefficient (Wildman–Crippen LogP) is -0.411. The molecule has 0 radical (unpaired) electrons. The minimum atomic E-state index is -5.08. The first kappa shape index (κ1) is 29.1. The van der Waals surface area contributed by atoms with E-state index in [1.54, 1.807) is 12.4 Å². The minimum absolute atomic E-state index is 0.0782. The number of fused-ring (bicyclic) bond motifs is 1. The molecule has 2 aromatic rings. The number of β-lactam (4-membered cyclic amide) rings is 1. The van der Waals surface area contributed by atoms with Crippen molar-refractivity contribution in [2.75, 3.05) is 28.7 Å². The molecule has 206 valence electrons. The minimum Gasteiger partial charge on any atom is -0.477 e. The van der Waals surface area contributed by atoms with Crippen LogP contribution in [0.15, 0.2) is 21.8 Å². The normalized spacial score (nSPS) is 18.8. The fraction of sp³-hybridized carbons (Fsp3) is 0.412. The summed E-state index contributed by atoms with van der Waals surface area (Å²) in [4.78, 5) is 53.0. The van der Waals surface area contributed by atoms with Gasteiger partial charge < -0.3 is 21.7 Å². The number of aliphatic carboxylic acids is 2. The lowest BCUT2D eigenvalue weighted by molar-refractivity contribution is -0.192. The Bertz CT molecular complexity index is 1280. The molecule has 4 heterocycles. The lowest BCUT2D eigenvalue weighted by Crippen LogP contribution is -2.72. The molecule has 1 saturated heterocycles. The third-order valence-corrected chi connectivity index (χ3v) is 7.98. The molecule has 0 aromatic carbocycles. The molecule has 4 rings (SSSR count). The average molecular weight is 598 g/mol. The fourth-order valence-corrected chi connectivity index (χ4v) is 6.20. The molecule has 2 atom stereocenters. The SMILES string of the molecule is Cn1nnnc1SCC1=C(C(=O)O)N2C(=O)[C@@H](N(C(=O)CN)c3csc(N)n3)[C@@H]2SC1.O=C(O)C(F)(F)F. The monoisotopic (exact) mass is 597 g/mol. The molecular formula is C17H18F3N9O6S3. The smallest absolute Gasteiger partial charge is 0.477 e. The van der Waals surface area contributed by atoms with Crippen LogP contribution in [0.4, 0.5) is 24.1 Å². The highest BCUT2D eigenvalue weighted by Crippen LogP contribution is 2.44. The largest absolute Gasteiger partial charge is 0.490 e. The molecule has 2 aliphatic rings. The van der Waals surface area contributed by atoms with Crippen molar-refractivity contribution in [1.82, 2.24) is 30.1 Å². The zero-order valence-corrected chi connectivity index (χ0v) is 21.5. The molecule has 6 N–H and O–H groups in total. The summed E-state index contributed by atoms with van der Waals surface area (Å²) >= 11 is 3.78. The number of thiazole rings is 1. The van der Waals surface area contributed by atoms with Crippen LogP contribution in [0, 0.1) is 0 Å². The highest BCUT2D eigenvalue weighted by Gasteiger charge is 2.57. The van der Waals surface area contributed by atoms with Gasteiger partial charge in [-0.2, -0.15) is 13.2 Å². The van der Waals surface area contributed by atoms with Gasteiger partial charge in [-0.25, -0.2) is 19.3 Å². The predicted molar refractivity (Wildman–Crippen MR) is 128 cm³/mol. The number of nitrogens with zero attached hydrogens (tertiary/aromatic N) is 7. The van der Waals surface area contributed by atoms with Crippen LogP contribution in [0.25, 0.3) is 0 Å². The summed E-state index contributed by atoms with van der Waals surface area (Å²) in [7, 11) is 1.68. The van der Waals surface area contributed by atoms with Gasteiger partial charge in [-0.1, -0.05) is 11.8 Å². The number of tetrazole rings is 1. The van der Waals surface area contributed by atoms with Gasteiger partial charge in [0.2, 0.25) is 11.1 Å². The Hall–Kier alpha value is -3.43. The summed E-state index contributed by atoms with van der Waals surface area (Å²) in [6.45, 7) is -0.326. The van der Waals surface area contributed by atoms with Gasteiger partial charge in [0.25, 0.3) is 5.91 Å². The zero-order valence-electron chi connectivity index (χ0n) is 19.0. The molecule has 0 bridgehead atoms. The maximum absolute atomic E-state index is 13.1. The van der Waals surface area contributed by atoms with E-state index in [1.165, 1.54) is 38.0 Å². The van der Waals surface area contributed by atoms with E-state index in [-0.39, 0.29) is 23.2 Å². The lowest BCUT2D eigenvalue weighted by Gasteiger charge is -2.52. The van der Waals surface area contributed by atoms with Gasteiger partial charge in [0, 0.05) is 23.9 Å². The van der Waals surface area contributed by atoms with Crippen molar-refractivity contribution in [1.29, 1.82) is 0 Å². The van der Waals surface area contributed by atoms with E-state index in [1.807, 2.05) is 0 Å². The molecule has 2 amide bonds. The number of halogens is 3. The van der Waals surface area contributed by atoms with E-state index in [9.17, 15) is 32.7 Å². The van der Waals surface area contributed by atoms with E-state index in [4.69, 9.17) is 21.4 Å². The molecule has 2 aliphatic heterocycles. The maximum Gasteiger partial charge on any atom is 0.490 e. The van der Waals surface area contributed by atoms with E-state index in [0.717, 1.165) is 11.3 Å². The maximum atomic E-state index is 13.1. The zero-order chi connectivity index (χ0) is 28.4. The van der Waals surface area contributed by atoms with Gasteiger partial charge in [-0.15, -0.1) is 28.2 Å². The van der Waals surface area contributed by atoms with Crippen LogP contribution < -0.4 is 16.4 Å². The second-order valence-corrected chi connectivity index (χ2v) is 10.2. The summed E-state index contributed by atoms with van der Waals surface area (Å²) < 4.78 is 33.2. The number of nitrogens with two attached hydrogens (primary N) is 2. The van der Waals surface area contributed by atoms with E-state index in [2.05, 4.69) is 20.5 Å². The molecule has 0 spiro atoms. The molecule has 0 saturated carbocycles. The third-order valence-electron chi connectivity index (χ3n) is 4.90. The summed E-state index contributed by atoms with van der Waals surface area (Å²) in [5.74, 6) is -4.07.